The molecule has 22 heavy (non-hydrogen) atoms. The fraction of sp³-hybridized carbons (Fsp3) is 0.667. The molecule has 0 aliphatic carbocycles. The lowest BCUT2D eigenvalue weighted by Gasteiger charge is -2.08. The van der Waals surface area contributed by atoms with E-state index in [1.165, 1.54) is 12.8 Å². The Hall–Kier alpha value is -1.73. The Morgan fingerprint density at radius 1 is 1.23 bits per heavy atom. The Bertz CT molecular complexity index is 555. The molecule has 0 radical (unpaired) electrons. The van der Waals surface area contributed by atoms with Crippen LogP contribution in [0.4, 0.5) is 0 Å². The van der Waals surface area contributed by atoms with Crippen LogP contribution in [-0.2, 0) is 17.8 Å². The molecule has 7 heteroatoms. The Kier molecular flexibility index (Phi) is 3.90. The van der Waals surface area contributed by atoms with Crippen molar-refractivity contribution in [3.05, 3.63) is 18.6 Å². The number of ether oxygens (including phenoxy) is 1. The molecule has 0 saturated carbocycles. The molecule has 2 saturated heterocycles. The predicted octanol–water partition coefficient (Wildman–Crippen LogP) is 0.930. The summed E-state index contributed by atoms with van der Waals surface area (Å²) in [6.07, 6.45) is 9.54. The van der Waals surface area contributed by atoms with Crippen LogP contribution in [0.2, 0.25) is 0 Å². The molecule has 2 fully saturated rings. The van der Waals surface area contributed by atoms with Gasteiger partial charge >= 0.3 is 0 Å². The minimum absolute atomic E-state index is 0.527. The molecule has 118 valence electrons. The third-order valence-corrected chi connectivity index (χ3v) is 4.51. The predicted molar refractivity (Wildman–Crippen MR) is 81.2 cm³/mol. The highest BCUT2D eigenvalue weighted by atomic mass is 16.5. The van der Waals surface area contributed by atoms with E-state index in [1.54, 1.807) is 0 Å². The molecule has 0 aromatic carbocycles. The van der Waals surface area contributed by atoms with Crippen LogP contribution in [-0.4, -0.2) is 50.6 Å². The van der Waals surface area contributed by atoms with Gasteiger partial charge in [-0.25, -0.2) is 0 Å². The van der Waals surface area contributed by atoms with Gasteiger partial charge in [0.05, 0.1) is 25.5 Å². The van der Waals surface area contributed by atoms with Crippen molar-refractivity contribution in [2.24, 2.45) is 5.92 Å². The molecule has 2 aromatic heterocycles. The second kappa shape index (κ2) is 6.18. The maximum absolute atomic E-state index is 5.41. The van der Waals surface area contributed by atoms with Gasteiger partial charge in [0.2, 0.25) is 0 Å². The van der Waals surface area contributed by atoms with Gasteiger partial charge in [-0.05, 0) is 25.8 Å². The first-order valence-corrected chi connectivity index (χ1v) is 8.11. The highest BCUT2D eigenvalue weighted by Crippen LogP contribution is 2.19. The maximum Gasteiger partial charge on any atom is 0.116 e. The zero-order valence-electron chi connectivity index (χ0n) is 12.7. The number of nitrogens with zero attached hydrogens (tertiary/aromatic N) is 5. The van der Waals surface area contributed by atoms with E-state index < -0.39 is 0 Å². The molecule has 2 atom stereocenters. The number of nitrogens with one attached hydrogen (secondary N) is 1. The van der Waals surface area contributed by atoms with Crippen LogP contribution in [0.3, 0.4) is 0 Å². The first kappa shape index (κ1) is 13.9. The summed E-state index contributed by atoms with van der Waals surface area (Å²) in [5, 5.41) is 16.4. The average molecular weight is 302 g/mol. The van der Waals surface area contributed by atoms with Gasteiger partial charge in [0.1, 0.15) is 5.69 Å². The Balaban J connectivity index is 1.41. The van der Waals surface area contributed by atoms with E-state index in [1.807, 2.05) is 21.8 Å². The lowest BCUT2D eigenvalue weighted by atomic mass is 10.1. The number of rotatable bonds is 5. The molecule has 2 aromatic rings. The summed E-state index contributed by atoms with van der Waals surface area (Å²) in [7, 11) is 0. The maximum atomic E-state index is 5.41. The molecular formula is C15H22N6O. The third kappa shape index (κ3) is 3.05. The van der Waals surface area contributed by atoms with Crippen molar-refractivity contribution in [1.82, 2.24) is 30.1 Å². The van der Waals surface area contributed by atoms with Gasteiger partial charge < -0.3 is 10.1 Å². The molecule has 0 bridgehead atoms. The summed E-state index contributed by atoms with van der Waals surface area (Å²) >= 11 is 0. The largest absolute Gasteiger partial charge is 0.381 e. The van der Waals surface area contributed by atoms with Crippen molar-refractivity contribution >= 4 is 0 Å². The molecule has 2 aliphatic rings. The number of aromatic nitrogens is 5. The fourth-order valence-electron chi connectivity index (χ4n) is 3.25. The molecule has 0 spiro atoms. The minimum atomic E-state index is 0.527. The van der Waals surface area contributed by atoms with Gasteiger partial charge in [-0.2, -0.15) is 5.10 Å². The summed E-state index contributed by atoms with van der Waals surface area (Å²) in [5.74, 6) is 0.580. The van der Waals surface area contributed by atoms with Gasteiger partial charge in [0, 0.05) is 36.9 Å². The number of hydrogen-bond acceptors (Lipinski definition) is 5. The van der Waals surface area contributed by atoms with Crippen LogP contribution in [0, 0.1) is 5.92 Å². The fourth-order valence-corrected chi connectivity index (χ4v) is 3.25. The SMILES string of the molecule is c1nn(CC2CCOC2)cc1-c1cn(CC2CCCN2)nn1. The van der Waals surface area contributed by atoms with Crippen molar-refractivity contribution in [2.45, 2.75) is 38.4 Å². The van der Waals surface area contributed by atoms with Gasteiger partial charge in [0.25, 0.3) is 0 Å². The van der Waals surface area contributed by atoms with Crippen molar-refractivity contribution in [2.75, 3.05) is 19.8 Å². The van der Waals surface area contributed by atoms with Crippen LogP contribution in [0.25, 0.3) is 11.3 Å². The van der Waals surface area contributed by atoms with E-state index >= 15 is 0 Å². The van der Waals surface area contributed by atoms with E-state index in [0.29, 0.717) is 12.0 Å². The van der Waals surface area contributed by atoms with Gasteiger partial charge in [0.15, 0.2) is 0 Å². The monoisotopic (exact) mass is 302 g/mol. The lowest BCUT2D eigenvalue weighted by Crippen LogP contribution is -2.26. The lowest BCUT2D eigenvalue weighted by molar-refractivity contribution is 0.181. The van der Waals surface area contributed by atoms with E-state index in [2.05, 4.69) is 26.9 Å². The second-order valence-electron chi connectivity index (χ2n) is 6.30. The van der Waals surface area contributed by atoms with Crippen LogP contribution >= 0.6 is 0 Å². The summed E-state index contributed by atoms with van der Waals surface area (Å²) in [4.78, 5) is 0. The normalized spacial score (nSPS) is 25.1. The molecular weight excluding hydrogens is 280 g/mol. The standard InChI is InChI=1S/C15H22N6O/c1-2-14(16-4-1)9-21-10-15(18-19-21)13-6-17-20(8-13)7-12-3-5-22-11-12/h6,8,10,12,14,16H,1-5,7,9,11H2. The zero-order valence-corrected chi connectivity index (χ0v) is 12.7. The minimum Gasteiger partial charge on any atom is -0.381 e. The smallest absolute Gasteiger partial charge is 0.116 e. The first-order valence-electron chi connectivity index (χ1n) is 8.11. The highest BCUT2D eigenvalue weighted by Gasteiger charge is 2.18. The number of hydrogen-bond donors (Lipinski definition) is 1. The highest BCUT2D eigenvalue weighted by molar-refractivity contribution is 5.54. The van der Waals surface area contributed by atoms with Crippen LogP contribution < -0.4 is 5.32 Å². The van der Waals surface area contributed by atoms with Gasteiger partial charge in [-0.1, -0.05) is 5.21 Å². The van der Waals surface area contributed by atoms with Crippen LogP contribution in [0.5, 0.6) is 0 Å². The van der Waals surface area contributed by atoms with E-state index in [-0.39, 0.29) is 0 Å². The van der Waals surface area contributed by atoms with Gasteiger partial charge in [-0.15, -0.1) is 5.10 Å². The van der Waals surface area contributed by atoms with Crippen molar-refractivity contribution in [3.8, 4) is 11.3 Å². The van der Waals surface area contributed by atoms with Crippen molar-refractivity contribution < 1.29 is 4.74 Å². The summed E-state index contributed by atoms with van der Waals surface area (Å²) in [6.45, 7) is 4.65. The van der Waals surface area contributed by atoms with Gasteiger partial charge in [-0.3, -0.25) is 9.36 Å². The molecule has 1 N–H and O–H groups in total. The summed E-state index contributed by atoms with van der Waals surface area (Å²) in [5.41, 5.74) is 1.93. The molecule has 4 rings (SSSR count). The molecule has 4 heterocycles. The Morgan fingerprint density at radius 3 is 3.05 bits per heavy atom. The molecule has 7 nitrogen and oxygen atoms in total. The second-order valence-corrected chi connectivity index (χ2v) is 6.30. The summed E-state index contributed by atoms with van der Waals surface area (Å²) in [6, 6.07) is 0.527. The van der Waals surface area contributed by atoms with E-state index in [0.717, 1.165) is 50.5 Å². The van der Waals surface area contributed by atoms with Crippen molar-refractivity contribution in [1.29, 1.82) is 0 Å². The first-order chi connectivity index (χ1) is 10.9. The quantitative estimate of drug-likeness (QED) is 0.890. The van der Waals surface area contributed by atoms with E-state index in [9.17, 15) is 0 Å². The Morgan fingerprint density at radius 2 is 2.23 bits per heavy atom. The topological polar surface area (TPSA) is 69.8 Å². The molecule has 2 unspecified atom stereocenters. The van der Waals surface area contributed by atoms with E-state index in [4.69, 9.17) is 4.74 Å². The van der Waals surface area contributed by atoms with Crippen LogP contribution in [0.1, 0.15) is 19.3 Å². The van der Waals surface area contributed by atoms with Crippen LogP contribution in [0.15, 0.2) is 18.6 Å². The third-order valence-electron chi connectivity index (χ3n) is 4.51. The average Bonchev–Trinajstić information content (AvgIpc) is 3.27. The zero-order chi connectivity index (χ0) is 14.8. The van der Waals surface area contributed by atoms with Crippen molar-refractivity contribution in [3.63, 3.8) is 0 Å². The Labute approximate surface area is 129 Å². The molecule has 0 amide bonds. The molecule has 2 aliphatic heterocycles. The summed E-state index contributed by atoms with van der Waals surface area (Å²) < 4.78 is 9.34.